The van der Waals surface area contributed by atoms with Gasteiger partial charge in [0.05, 0.1) is 22.8 Å². The standard InChI is InChI=1S/C13H17BClFO3/c1-12(2)13(3,4)19-14(18-12)9-5-8(7-17)6-10(15)11(9)16/h5-6,17H,7H2,1-4H3. The molecule has 3 nitrogen and oxygen atoms in total. The number of aliphatic hydroxyl groups is 1. The van der Waals surface area contributed by atoms with Crippen molar-refractivity contribution in [3.05, 3.63) is 28.5 Å². The quantitative estimate of drug-likeness (QED) is 0.848. The highest BCUT2D eigenvalue weighted by Gasteiger charge is 2.52. The van der Waals surface area contributed by atoms with Crippen LogP contribution in [0.5, 0.6) is 0 Å². The highest BCUT2D eigenvalue weighted by molar-refractivity contribution is 6.62. The van der Waals surface area contributed by atoms with Crippen molar-refractivity contribution < 1.29 is 18.8 Å². The molecular formula is C13H17BClFO3. The first-order valence-corrected chi connectivity index (χ1v) is 6.50. The number of benzene rings is 1. The van der Waals surface area contributed by atoms with Gasteiger partial charge < -0.3 is 14.4 Å². The molecule has 1 aromatic rings. The van der Waals surface area contributed by atoms with Gasteiger partial charge in [0.2, 0.25) is 0 Å². The third-order valence-electron chi connectivity index (χ3n) is 3.81. The minimum absolute atomic E-state index is 0.0451. The number of rotatable bonds is 2. The molecule has 6 heteroatoms. The Kier molecular flexibility index (Phi) is 3.69. The summed E-state index contributed by atoms with van der Waals surface area (Å²) >= 11 is 5.82. The lowest BCUT2D eigenvalue weighted by Crippen LogP contribution is -2.41. The molecule has 104 valence electrons. The van der Waals surface area contributed by atoms with E-state index < -0.39 is 24.1 Å². The van der Waals surface area contributed by atoms with Gasteiger partial charge in [-0.2, -0.15) is 0 Å². The van der Waals surface area contributed by atoms with E-state index in [0.29, 0.717) is 5.56 Å². The Labute approximate surface area is 117 Å². The molecule has 1 aliphatic rings. The van der Waals surface area contributed by atoms with Crippen LogP contribution in [0.3, 0.4) is 0 Å². The summed E-state index contributed by atoms with van der Waals surface area (Å²) in [7, 11) is -0.825. The van der Waals surface area contributed by atoms with Gasteiger partial charge in [-0.15, -0.1) is 0 Å². The minimum atomic E-state index is -0.825. The van der Waals surface area contributed by atoms with Crippen molar-refractivity contribution in [1.29, 1.82) is 0 Å². The summed E-state index contributed by atoms with van der Waals surface area (Å²) in [6, 6.07) is 2.91. The molecule has 1 fully saturated rings. The van der Waals surface area contributed by atoms with Crippen molar-refractivity contribution in [3.8, 4) is 0 Å². The lowest BCUT2D eigenvalue weighted by atomic mass is 9.78. The van der Waals surface area contributed by atoms with E-state index in [4.69, 9.17) is 26.0 Å². The van der Waals surface area contributed by atoms with Gasteiger partial charge in [0, 0.05) is 5.46 Å². The average Bonchev–Trinajstić information content (AvgIpc) is 2.51. The normalized spacial score (nSPS) is 20.9. The van der Waals surface area contributed by atoms with Crippen LogP contribution in [0, 0.1) is 5.82 Å². The lowest BCUT2D eigenvalue weighted by molar-refractivity contribution is 0.00578. The van der Waals surface area contributed by atoms with E-state index in [2.05, 4.69) is 0 Å². The van der Waals surface area contributed by atoms with Crippen molar-refractivity contribution in [1.82, 2.24) is 0 Å². The third kappa shape index (κ3) is 2.52. The van der Waals surface area contributed by atoms with Gasteiger partial charge in [0.15, 0.2) is 0 Å². The zero-order chi connectivity index (χ0) is 14.4. The van der Waals surface area contributed by atoms with Crippen molar-refractivity contribution in [2.24, 2.45) is 0 Å². The number of aliphatic hydroxyl groups excluding tert-OH is 1. The predicted molar refractivity (Wildman–Crippen MR) is 73.0 cm³/mol. The zero-order valence-electron chi connectivity index (χ0n) is 11.5. The van der Waals surface area contributed by atoms with Crippen LogP contribution in [0.15, 0.2) is 12.1 Å². The molecule has 0 saturated carbocycles. The maximum Gasteiger partial charge on any atom is 0.497 e. The number of hydrogen-bond donors (Lipinski definition) is 1. The molecule has 1 aliphatic heterocycles. The van der Waals surface area contributed by atoms with Gasteiger partial charge in [-0.3, -0.25) is 0 Å². The molecule has 1 saturated heterocycles. The fourth-order valence-electron chi connectivity index (χ4n) is 1.90. The van der Waals surface area contributed by atoms with Crippen LogP contribution in [-0.4, -0.2) is 23.4 Å². The molecule has 0 spiro atoms. The summed E-state index contributed by atoms with van der Waals surface area (Å²) in [6.45, 7) is 7.35. The van der Waals surface area contributed by atoms with E-state index in [0.717, 1.165) is 0 Å². The average molecular weight is 287 g/mol. The van der Waals surface area contributed by atoms with E-state index >= 15 is 0 Å². The molecule has 0 amide bonds. The first-order valence-electron chi connectivity index (χ1n) is 6.12. The van der Waals surface area contributed by atoms with E-state index in [1.807, 2.05) is 27.7 Å². The van der Waals surface area contributed by atoms with Gasteiger partial charge in [0.1, 0.15) is 5.82 Å². The molecule has 0 radical (unpaired) electrons. The van der Waals surface area contributed by atoms with E-state index in [-0.39, 0.29) is 17.1 Å². The second-order valence-corrected chi connectivity index (χ2v) is 6.13. The van der Waals surface area contributed by atoms with Crippen LogP contribution >= 0.6 is 11.6 Å². The Bertz CT molecular complexity index is 489. The molecule has 0 bridgehead atoms. The summed E-state index contributed by atoms with van der Waals surface area (Å²) in [6.07, 6.45) is 0. The first kappa shape index (κ1) is 14.8. The van der Waals surface area contributed by atoms with Crippen LogP contribution in [-0.2, 0) is 15.9 Å². The van der Waals surface area contributed by atoms with Gasteiger partial charge >= 0.3 is 7.12 Å². The Morgan fingerprint density at radius 2 is 1.74 bits per heavy atom. The first-order chi connectivity index (χ1) is 8.68. The Balaban J connectivity index is 2.42. The van der Waals surface area contributed by atoms with E-state index in [1.165, 1.54) is 12.1 Å². The van der Waals surface area contributed by atoms with Crippen molar-refractivity contribution in [2.75, 3.05) is 0 Å². The third-order valence-corrected chi connectivity index (χ3v) is 4.08. The minimum Gasteiger partial charge on any atom is -0.399 e. The second kappa shape index (κ2) is 4.74. The molecule has 19 heavy (non-hydrogen) atoms. The topological polar surface area (TPSA) is 38.7 Å². The molecule has 0 aromatic heterocycles. The summed E-state index contributed by atoms with van der Waals surface area (Å²) < 4.78 is 25.7. The van der Waals surface area contributed by atoms with Crippen LogP contribution in [0.1, 0.15) is 33.3 Å². The van der Waals surface area contributed by atoms with E-state index in [1.54, 1.807) is 0 Å². The fraction of sp³-hybridized carbons (Fsp3) is 0.538. The molecular weight excluding hydrogens is 269 g/mol. The largest absolute Gasteiger partial charge is 0.497 e. The molecule has 1 aromatic carbocycles. The second-order valence-electron chi connectivity index (χ2n) is 5.73. The molecule has 1 N–H and O–H groups in total. The highest BCUT2D eigenvalue weighted by atomic mass is 35.5. The molecule has 2 rings (SSSR count). The summed E-state index contributed by atoms with van der Waals surface area (Å²) in [5.41, 5.74) is -0.358. The molecule has 1 heterocycles. The Hall–Kier alpha value is -0.615. The molecule has 0 atom stereocenters. The van der Waals surface area contributed by atoms with Crippen LogP contribution < -0.4 is 5.46 Å². The lowest BCUT2D eigenvalue weighted by Gasteiger charge is -2.32. The summed E-state index contributed by atoms with van der Waals surface area (Å²) in [4.78, 5) is 0. The zero-order valence-corrected chi connectivity index (χ0v) is 12.2. The SMILES string of the molecule is CC1(C)OB(c2cc(CO)cc(Cl)c2F)OC1(C)C. The van der Waals surface area contributed by atoms with E-state index in [9.17, 15) is 4.39 Å². The number of hydrogen-bond acceptors (Lipinski definition) is 3. The monoisotopic (exact) mass is 286 g/mol. The fourth-order valence-corrected chi connectivity index (χ4v) is 2.15. The van der Waals surface area contributed by atoms with Gasteiger partial charge in [0.25, 0.3) is 0 Å². The molecule has 0 aliphatic carbocycles. The summed E-state index contributed by atoms with van der Waals surface area (Å²) in [5, 5.41) is 9.12. The highest BCUT2D eigenvalue weighted by Crippen LogP contribution is 2.37. The summed E-state index contributed by atoms with van der Waals surface area (Å²) in [5.74, 6) is -0.572. The van der Waals surface area contributed by atoms with Crippen LogP contribution in [0.2, 0.25) is 5.02 Å². The van der Waals surface area contributed by atoms with Crippen molar-refractivity contribution >= 4 is 24.2 Å². The Morgan fingerprint density at radius 3 is 2.21 bits per heavy atom. The van der Waals surface area contributed by atoms with Crippen molar-refractivity contribution in [2.45, 2.75) is 45.5 Å². The maximum absolute atomic E-state index is 14.1. The van der Waals surface area contributed by atoms with Crippen molar-refractivity contribution in [3.63, 3.8) is 0 Å². The smallest absolute Gasteiger partial charge is 0.399 e. The molecule has 0 unspecified atom stereocenters. The van der Waals surface area contributed by atoms with Gasteiger partial charge in [-0.25, -0.2) is 4.39 Å². The van der Waals surface area contributed by atoms with Crippen LogP contribution in [0.4, 0.5) is 4.39 Å². The Morgan fingerprint density at radius 1 is 1.21 bits per heavy atom. The maximum atomic E-state index is 14.1. The predicted octanol–water partition coefficient (Wildman–Crippen LogP) is 2.27. The van der Waals surface area contributed by atoms with Crippen LogP contribution in [0.25, 0.3) is 0 Å². The van der Waals surface area contributed by atoms with Gasteiger partial charge in [-0.1, -0.05) is 17.7 Å². The number of halogens is 2. The van der Waals surface area contributed by atoms with Gasteiger partial charge in [-0.05, 0) is 39.3 Å².